The first kappa shape index (κ1) is 14.1. The Hall–Kier alpha value is -2.53. The summed E-state index contributed by atoms with van der Waals surface area (Å²) in [5, 5.41) is 2.06. The first-order chi connectivity index (χ1) is 11.4. The fourth-order valence-corrected chi connectivity index (χ4v) is 3.34. The molecule has 0 bridgehead atoms. The van der Waals surface area contributed by atoms with E-state index in [0.29, 0.717) is 0 Å². The van der Waals surface area contributed by atoms with Crippen LogP contribution < -0.4 is 9.64 Å². The first-order valence-electron chi connectivity index (χ1n) is 7.31. The van der Waals surface area contributed by atoms with Crippen molar-refractivity contribution in [3.63, 3.8) is 0 Å². The fourth-order valence-electron chi connectivity index (χ4n) is 2.64. The van der Waals surface area contributed by atoms with Crippen LogP contribution in [0.25, 0.3) is 22.2 Å². The summed E-state index contributed by atoms with van der Waals surface area (Å²) in [6, 6.07) is 14.2. The van der Waals surface area contributed by atoms with Crippen molar-refractivity contribution in [2.75, 3.05) is 17.9 Å². The van der Waals surface area contributed by atoms with Gasteiger partial charge >= 0.3 is 0 Å². The molecule has 1 aliphatic rings. The summed E-state index contributed by atoms with van der Waals surface area (Å²) in [5.41, 5.74) is 3.83. The fraction of sp³-hybridized carbons (Fsp3) is 0.111. The Morgan fingerprint density at radius 2 is 1.96 bits per heavy atom. The van der Waals surface area contributed by atoms with Crippen molar-refractivity contribution in [1.82, 2.24) is 9.97 Å². The van der Waals surface area contributed by atoms with Gasteiger partial charge in [-0.25, -0.2) is 9.97 Å². The molecule has 23 heavy (non-hydrogen) atoms. The summed E-state index contributed by atoms with van der Waals surface area (Å²) in [6.45, 7) is 0. The molecule has 0 atom stereocenters. The number of anilines is 1. The highest BCUT2D eigenvalue weighted by atomic mass is 32.2. The van der Waals surface area contributed by atoms with Gasteiger partial charge in [-0.2, -0.15) is 0 Å². The van der Waals surface area contributed by atoms with Crippen molar-refractivity contribution in [3.05, 3.63) is 60.3 Å². The molecule has 0 spiro atoms. The summed E-state index contributed by atoms with van der Waals surface area (Å²) in [4.78, 5) is 11.5. The number of fused-ring (bicyclic) bond motifs is 1. The van der Waals surface area contributed by atoms with E-state index in [1.165, 1.54) is 0 Å². The van der Waals surface area contributed by atoms with Gasteiger partial charge in [-0.3, -0.25) is 0 Å². The van der Waals surface area contributed by atoms with Gasteiger partial charge in [-0.1, -0.05) is 30.3 Å². The summed E-state index contributed by atoms with van der Waals surface area (Å²) in [6.07, 6.45) is 3.85. The largest absolute Gasteiger partial charge is 0.494 e. The van der Waals surface area contributed by atoms with Crippen LogP contribution in [0.2, 0.25) is 0 Å². The lowest BCUT2D eigenvalue weighted by molar-refractivity contribution is 0.419. The number of methoxy groups -OCH3 is 1. The van der Waals surface area contributed by atoms with Gasteiger partial charge in [-0.05, 0) is 23.1 Å². The van der Waals surface area contributed by atoms with Crippen LogP contribution in [0.4, 0.5) is 5.82 Å². The lowest BCUT2D eigenvalue weighted by Crippen LogP contribution is -2.13. The third-order valence-corrected chi connectivity index (χ3v) is 4.54. The molecule has 4 rings (SSSR count). The SMILES string of the molecule is COc1ccc(-c2ccccc2)c2ncc(N3C=CSC3)nc12. The molecule has 1 aliphatic heterocycles. The Kier molecular flexibility index (Phi) is 3.63. The van der Waals surface area contributed by atoms with Crippen LogP contribution in [0.5, 0.6) is 5.75 Å². The Balaban J connectivity index is 1.92. The monoisotopic (exact) mass is 321 g/mol. The van der Waals surface area contributed by atoms with Gasteiger partial charge in [0.25, 0.3) is 0 Å². The minimum absolute atomic E-state index is 0.741. The van der Waals surface area contributed by atoms with Gasteiger partial charge in [-0.15, -0.1) is 11.8 Å². The van der Waals surface area contributed by atoms with Gasteiger partial charge in [0.2, 0.25) is 0 Å². The van der Waals surface area contributed by atoms with Crippen molar-refractivity contribution >= 4 is 28.6 Å². The van der Waals surface area contributed by atoms with Crippen molar-refractivity contribution in [2.24, 2.45) is 0 Å². The molecule has 0 unspecified atom stereocenters. The number of rotatable bonds is 3. The zero-order valence-electron chi connectivity index (χ0n) is 12.6. The topological polar surface area (TPSA) is 38.2 Å². The average molecular weight is 321 g/mol. The molecule has 0 saturated carbocycles. The highest BCUT2D eigenvalue weighted by Crippen LogP contribution is 2.33. The number of hydrogen-bond acceptors (Lipinski definition) is 5. The van der Waals surface area contributed by atoms with E-state index in [-0.39, 0.29) is 0 Å². The van der Waals surface area contributed by atoms with E-state index in [4.69, 9.17) is 9.72 Å². The van der Waals surface area contributed by atoms with Gasteiger partial charge in [0.05, 0.1) is 19.2 Å². The Morgan fingerprint density at radius 3 is 2.70 bits per heavy atom. The van der Waals surface area contributed by atoms with Gasteiger partial charge in [0, 0.05) is 11.8 Å². The zero-order chi connectivity index (χ0) is 15.6. The van der Waals surface area contributed by atoms with Crippen molar-refractivity contribution in [1.29, 1.82) is 0 Å². The second-order valence-corrected chi connectivity index (χ2v) is 6.02. The number of hydrogen-bond donors (Lipinski definition) is 0. The molecule has 2 aromatic carbocycles. The normalized spacial score (nSPS) is 13.7. The molecule has 0 saturated heterocycles. The molecule has 0 amide bonds. The van der Waals surface area contributed by atoms with Crippen molar-refractivity contribution in [2.45, 2.75) is 0 Å². The Bertz CT molecular complexity index is 880. The van der Waals surface area contributed by atoms with Crippen molar-refractivity contribution < 1.29 is 4.74 Å². The molecular formula is C18H15N3OS. The van der Waals surface area contributed by atoms with E-state index < -0.39 is 0 Å². The maximum Gasteiger partial charge on any atom is 0.152 e. The number of nitrogens with zero attached hydrogens (tertiary/aromatic N) is 3. The lowest BCUT2D eigenvalue weighted by atomic mass is 10.0. The first-order valence-corrected chi connectivity index (χ1v) is 8.36. The van der Waals surface area contributed by atoms with Gasteiger partial charge < -0.3 is 9.64 Å². The number of benzene rings is 2. The second kappa shape index (κ2) is 5.93. The van der Waals surface area contributed by atoms with E-state index in [9.17, 15) is 0 Å². The highest BCUT2D eigenvalue weighted by molar-refractivity contribution is 8.02. The predicted octanol–water partition coefficient (Wildman–Crippen LogP) is 4.29. The minimum Gasteiger partial charge on any atom is -0.494 e. The third-order valence-electron chi connectivity index (χ3n) is 3.80. The quantitative estimate of drug-likeness (QED) is 0.719. The molecular weight excluding hydrogens is 306 g/mol. The number of aromatic nitrogens is 2. The van der Waals surface area contributed by atoms with E-state index in [1.54, 1.807) is 18.9 Å². The molecule has 0 fully saturated rings. The molecule has 2 heterocycles. The van der Waals surface area contributed by atoms with Crippen molar-refractivity contribution in [3.8, 4) is 16.9 Å². The van der Waals surface area contributed by atoms with E-state index in [2.05, 4.69) is 27.4 Å². The average Bonchev–Trinajstić information content (AvgIpc) is 3.15. The van der Waals surface area contributed by atoms with Crippen LogP contribution >= 0.6 is 11.8 Å². The van der Waals surface area contributed by atoms with Crippen LogP contribution in [0.15, 0.2) is 60.3 Å². The molecule has 0 aliphatic carbocycles. The van der Waals surface area contributed by atoms with E-state index in [1.807, 2.05) is 42.7 Å². The molecule has 4 nitrogen and oxygen atoms in total. The maximum absolute atomic E-state index is 5.49. The Labute approximate surface area is 138 Å². The maximum atomic E-state index is 5.49. The molecule has 0 radical (unpaired) electrons. The van der Waals surface area contributed by atoms with E-state index >= 15 is 0 Å². The third kappa shape index (κ3) is 2.53. The second-order valence-electron chi connectivity index (χ2n) is 5.16. The minimum atomic E-state index is 0.741. The predicted molar refractivity (Wildman–Crippen MR) is 95.6 cm³/mol. The van der Waals surface area contributed by atoms with Crippen LogP contribution in [-0.2, 0) is 0 Å². The van der Waals surface area contributed by atoms with Crippen LogP contribution in [-0.4, -0.2) is 23.0 Å². The standard InChI is InChI=1S/C18H15N3OS/c1-22-15-8-7-14(13-5-3-2-4-6-13)17-18(15)20-16(11-19-17)21-9-10-23-12-21/h2-11H,12H2,1H3. The summed E-state index contributed by atoms with van der Waals surface area (Å²) in [5.74, 6) is 2.44. The molecule has 3 aromatic rings. The summed E-state index contributed by atoms with van der Waals surface area (Å²) >= 11 is 1.74. The summed E-state index contributed by atoms with van der Waals surface area (Å²) in [7, 11) is 1.66. The smallest absolute Gasteiger partial charge is 0.152 e. The Morgan fingerprint density at radius 1 is 1.09 bits per heavy atom. The molecule has 5 heteroatoms. The van der Waals surface area contributed by atoms with Crippen LogP contribution in [0.3, 0.4) is 0 Å². The molecule has 1 aromatic heterocycles. The van der Waals surface area contributed by atoms with E-state index in [0.717, 1.165) is 39.6 Å². The highest BCUT2D eigenvalue weighted by Gasteiger charge is 2.15. The number of ether oxygens (including phenoxy) is 1. The zero-order valence-corrected chi connectivity index (χ0v) is 13.5. The number of thioether (sulfide) groups is 1. The van der Waals surface area contributed by atoms with Gasteiger partial charge in [0.1, 0.15) is 16.8 Å². The van der Waals surface area contributed by atoms with Gasteiger partial charge in [0.15, 0.2) is 5.82 Å². The summed E-state index contributed by atoms with van der Waals surface area (Å²) < 4.78 is 5.49. The van der Waals surface area contributed by atoms with Crippen LogP contribution in [0.1, 0.15) is 0 Å². The van der Waals surface area contributed by atoms with Crippen LogP contribution in [0, 0.1) is 0 Å². The molecule has 114 valence electrons. The lowest BCUT2D eigenvalue weighted by Gasteiger charge is -2.15. The molecule has 0 N–H and O–H groups in total.